The summed E-state index contributed by atoms with van der Waals surface area (Å²) in [5.74, 6) is -2.80. The molecule has 1 aliphatic carbocycles. The molecule has 0 bridgehead atoms. The van der Waals surface area contributed by atoms with Crippen molar-refractivity contribution in [1.29, 1.82) is 0 Å². The maximum atomic E-state index is 14.1. The van der Waals surface area contributed by atoms with Gasteiger partial charge >= 0.3 is 0 Å². The molecule has 0 fully saturated rings. The minimum absolute atomic E-state index is 0.00248. The van der Waals surface area contributed by atoms with Crippen LogP contribution in [0, 0.1) is 11.6 Å². The second-order valence-corrected chi connectivity index (χ2v) is 7.59. The zero-order valence-corrected chi connectivity index (χ0v) is 16.6. The Morgan fingerprint density at radius 1 is 1.10 bits per heavy atom. The summed E-state index contributed by atoms with van der Waals surface area (Å²) < 4.78 is 55.2. The summed E-state index contributed by atoms with van der Waals surface area (Å²) in [6, 6.07) is 11.3. The highest BCUT2D eigenvalue weighted by Crippen LogP contribution is 2.29. The SMILES string of the molecule is O=C(NC1=CC=CC(=S(=O)=O)C1)c1cc2ccccc2nc1Oc1ccc(F)cc1F. The quantitative estimate of drug-likeness (QED) is 0.622. The molecule has 31 heavy (non-hydrogen) atoms. The van der Waals surface area contributed by atoms with Gasteiger partial charge in [-0.05, 0) is 36.4 Å². The van der Waals surface area contributed by atoms with Crippen molar-refractivity contribution in [3.05, 3.63) is 89.7 Å². The Labute approximate surface area is 177 Å². The number of carbonyl (C=O) groups excluding carboxylic acids is 1. The summed E-state index contributed by atoms with van der Waals surface area (Å²) in [5, 5.41) is 3.28. The average molecular weight is 440 g/mol. The molecule has 9 heteroatoms. The smallest absolute Gasteiger partial charge is 0.260 e. The summed E-state index contributed by atoms with van der Waals surface area (Å²) >= 11 is 0. The third-order valence-electron chi connectivity index (χ3n) is 4.47. The molecule has 0 atom stereocenters. The first-order chi connectivity index (χ1) is 14.9. The number of pyridine rings is 1. The number of nitrogens with one attached hydrogen (secondary N) is 1. The second-order valence-electron chi connectivity index (χ2n) is 6.59. The van der Waals surface area contributed by atoms with Crippen LogP contribution in [0.4, 0.5) is 8.78 Å². The summed E-state index contributed by atoms with van der Waals surface area (Å²) in [5.41, 5.74) is 0.871. The second kappa shape index (κ2) is 8.49. The van der Waals surface area contributed by atoms with E-state index in [0.29, 0.717) is 22.7 Å². The van der Waals surface area contributed by atoms with Crippen LogP contribution in [-0.4, -0.2) is 24.2 Å². The van der Waals surface area contributed by atoms with E-state index in [-0.39, 0.29) is 28.5 Å². The highest BCUT2D eigenvalue weighted by Gasteiger charge is 2.20. The third-order valence-corrected chi connectivity index (χ3v) is 5.18. The number of fused-ring (bicyclic) bond motifs is 1. The molecule has 0 radical (unpaired) electrons. The lowest BCUT2D eigenvalue weighted by molar-refractivity contribution is 0.0962. The molecule has 3 aromatic rings. The van der Waals surface area contributed by atoms with Gasteiger partial charge in [0.15, 0.2) is 11.6 Å². The minimum atomic E-state index is -2.41. The Bertz CT molecular complexity index is 1400. The number of rotatable bonds is 4. The van der Waals surface area contributed by atoms with Crippen molar-refractivity contribution in [3.63, 3.8) is 0 Å². The number of benzene rings is 2. The molecule has 1 amide bonds. The lowest BCUT2D eigenvalue weighted by Crippen LogP contribution is -2.25. The number of aromatic nitrogens is 1. The van der Waals surface area contributed by atoms with Crippen LogP contribution in [-0.2, 0) is 10.3 Å². The standard InChI is InChI=1S/C22H14F2N2O4S/c23-14-8-9-20(18(24)11-14)30-22-17(10-13-4-1-2-7-19(13)26-22)21(27)25-15-5-3-6-16(12-15)31(28)29/h1-11H,12H2,(H,25,27). The number of carbonyl (C=O) groups is 1. The number of amides is 1. The largest absolute Gasteiger partial charge is 0.435 e. The molecule has 6 nitrogen and oxygen atoms in total. The zero-order chi connectivity index (χ0) is 22.0. The number of hydrogen-bond acceptors (Lipinski definition) is 5. The van der Waals surface area contributed by atoms with E-state index in [1.54, 1.807) is 30.3 Å². The minimum Gasteiger partial charge on any atom is -0.435 e. The van der Waals surface area contributed by atoms with Gasteiger partial charge in [0, 0.05) is 23.6 Å². The summed E-state index contributed by atoms with van der Waals surface area (Å²) in [6.07, 6.45) is 4.53. The Kier molecular flexibility index (Phi) is 5.59. The van der Waals surface area contributed by atoms with Crippen LogP contribution < -0.4 is 10.1 Å². The van der Waals surface area contributed by atoms with Gasteiger partial charge in [0.25, 0.3) is 5.91 Å². The van der Waals surface area contributed by atoms with E-state index in [2.05, 4.69) is 10.3 Å². The number of para-hydroxylation sites is 1. The molecular formula is C22H14F2N2O4S. The highest BCUT2D eigenvalue weighted by atomic mass is 32.2. The summed E-state index contributed by atoms with van der Waals surface area (Å²) in [4.78, 5) is 17.4. The number of hydrogen-bond donors (Lipinski definition) is 1. The van der Waals surface area contributed by atoms with Crippen molar-refractivity contribution >= 4 is 32.0 Å². The fraction of sp³-hybridized carbons (Fsp3) is 0.0455. The van der Waals surface area contributed by atoms with Crippen molar-refractivity contribution in [3.8, 4) is 11.6 Å². The normalized spacial score (nSPS) is 13.1. The van der Waals surface area contributed by atoms with Gasteiger partial charge in [-0.1, -0.05) is 24.3 Å². The first-order valence-corrected chi connectivity index (χ1v) is 10.1. The van der Waals surface area contributed by atoms with Crippen LogP contribution >= 0.6 is 0 Å². The first kappa shape index (κ1) is 20.4. The molecule has 0 spiro atoms. The van der Waals surface area contributed by atoms with Gasteiger partial charge < -0.3 is 10.1 Å². The van der Waals surface area contributed by atoms with E-state index in [9.17, 15) is 22.0 Å². The van der Waals surface area contributed by atoms with E-state index in [1.807, 2.05) is 0 Å². The van der Waals surface area contributed by atoms with Crippen LogP contribution in [0.3, 0.4) is 0 Å². The molecule has 0 aliphatic heterocycles. The topological polar surface area (TPSA) is 85.4 Å². The molecule has 2 aromatic carbocycles. The number of ether oxygens (including phenoxy) is 1. The van der Waals surface area contributed by atoms with Gasteiger partial charge in [-0.15, -0.1) is 0 Å². The maximum absolute atomic E-state index is 14.1. The van der Waals surface area contributed by atoms with Crippen molar-refractivity contribution < 1.29 is 26.7 Å². The van der Waals surface area contributed by atoms with E-state index in [1.165, 1.54) is 18.2 Å². The van der Waals surface area contributed by atoms with Crippen molar-refractivity contribution in [2.24, 2.45) is 0 Å². The fourth-order valence-electron chi connectivity index (χ4n) is 2.99. The zero-order valence-electron chi connectivity index (χ0n) is 15.8. The van der Waals surface area contributed by atoms with Gasteiger partial charge in [-0.3, -0.25) is 4.79 Å². The van der Waals surface area contributed by atoms with Crippen molar-refractivity contribution in [2.75, 3.05) is 0 Å². The number of allylic oxidation sites excluding steroid dienone is 4. The molecule has 1 heterocycles. The monoisotopic (exact) mass is 440 g/mol. The molecule has 0 unspecified atom stereocenters. The average Bonchev–Trinajstić information content (AvgIpc) is 2.75. The van der Waals surface area contributed by atoms with Gasteiger partial charge in [0.2, 0.25) is 16.2 Å². The van der Waals surface area contributed by atoms with Crippen molar-refractivity contribution in [2.45, 2.75) is 6.42 Å². The molecular weight excluding hydrogens is 426 g/mol. The Morgan fingerprint density at radius 2 is 1.90 bits per heavy atom. The molecule has 156 valence electrons. The van der Waals surface area contributed by atoms with Gasteiger partial charge in [-0.2, -0.15) is 8.42 Å². The molecule has 0 saturated heterocycles. The van der Waals surface area contributed by atoms with Gasteiger partial charge in [0.05, 0.1) is 10.4 Å². The highest BCUT2D eigenvalue weighted by molar-refractivity contribution is 7.73. The lowest BCUT2D eigenvalue weighted by Gasteiger charge is -2.15. The van der Waals surface area contributed by atoms with Crippen LogP contribution in [0.1, 0.15) is 16.8 Å². The number of nitrogens with zero attached hydrogens (tertiary/aromatic N) is 1. The predicted molar refractivity (Wildman–Crippen MR) is 111 cm³/mol. The fourth-order valence-corrected chi connectivity index (χ4v) is 3.45. The molecule has 1 aliphatic rings. The van der Waals surface area contributed by atoms with Gasteiger partial charge in [-0.25, -0.2) is 13.8 Å². The maximum Gasteiger partial charge on any atom is 0.260 e. The van der Waals surface area contributed by atoms with E-state index < -0.39 is 27.8 Å². The van der Waals surface area contributed by atoms with Crippen LogP contribution in [0.2, 0.25) is 0 Å². The molecule has 4 rings (SSSR count). The first-order valence-electron chi connectivity index (χ1n) is 9.07. The Balaban J connectivity index is 1.72. The van der Waals surface area contributed by atoms with Crippen LogP contribution in [0.25, 0.3) is 10.9 Å². The van der Waals surface area contributed by atoms with Crippen molar-refractivity contribution in [1.82, 2.24) is 10.3 Å². The Morgan fingerprint density at radius 3 is 2.68 bits per heavy atom. The van der Waals surface area contributed by atoms with Crippen LogP contribution in [0.15, 0.2) is 72.5 Å². The molecule has 1 N–H and O–H groups in total. The number of halogens is 2. The molecule has 0 saturated carbocycles. The van der Waals surface area contributed by atoms with Crippen LogP contribution in [0.5, 0.6) is 11.6 Å². The lowest BCUT2D eigenvalue weighted by atomic mass is 10.1. The third kappa shape index (κ3) is 4.51. The predicted octanol–water partition coefficient (Wildman–Crippen LogP) is 3.93. The Hall–Kier alpha value is -3.85. The van der Waals surface area contributed by atoms with E-state index >= 15 is 0 Å². The summed E-state index contributed by atoms with van der Waals surface area (Å²) in [7, 11) is -2.41. The summed E-state index contributed by atoms with van der Waals surface area (Å²) in [6.45, 7) is 0. The molecule has 1 aromatic heterocycles. The van der Waals surface area contributed by atoms with Gasteiger partial charge in [0.1, 0.15) is 11.4 Å². The van der Waals surface area contributed by atoms with E-state index in [4.69, 9.17) is 4.74 Å². The van der Waals surface area contributed by atoms with E-state index in [0.717, 1.165) is 12.1 Å².